The van der Waals surface area contributed by atoms with Crippen molar-refractivity contribution in [3.63, 3.8) is 0 Å². The van der Waals surface area contributed by atoms with Crippen molar-refractivity contribution in [3.8, 4) is 0 Å². The largest absolute Gasteiger partial charge is 2.00 e. The fourth-order valence-corrected chi connectivity index (χ4v) is 1.32. The van der Waals surface area contributed by atoms with Gasteiger partial charge in [0.1, 0.15) is 24.4 Å². The fourth-order valence-electron chi connectivity index (χ4n) is 1.32. The average Bonchev–Trinajstić information content (AvgIpc) is 2.62. The van der Waals surface area contributed by atoms with E-state index in [2.05, 4.69) is 0 Å². The molecule has 14 nitrogen and oxygen atoms in total. The molecule has 0 saturated carbocycles. The van der Waals surface area contributed by atoms with Crippen LogP contribution in [0.3, 0.4) is 0 Å². The van der Waals surface area contributed by atoms with Crippen LogP contribution in [0.5, 0.6) is 0 Å². The molecule has 1 radical (unpaired) electrons. The molecule has 8 atom stereocenters. The minimum atomic E-state index is -2.23. The van der Waals surface area contributed by atoms with Crippen molar-refractivity contribution in [1.82, 2.24) is 0 Å². The van der Waals surface area contributed by atoms with Gasteiger partial charge in [0.15, 0.2) is 12.2 Å². The first-order chi connectivity index (χ1) is 11.8. The number of hydrogen-bond donors (Lipinski definition) is 10. The molecule has 0 amide bonds. The van der Waals surface area contributed by atoms with Crippen molar-refractivity contribution >= 4 is 11.9 Å². The van der Waals surface area contributed by atoms with E-state index in [0.29, 0.717) is 0 Å². The van der Waals surface area contributed by atoms with E-state index in [1.54, 1.807) is 0 Å². The first kappa shape index (κ1) is 30.8. The maximum atomic E-state index is 10.1. The first-order valence-electron chi connectivity index (χ1n) is 6.89. The van der Waals surface area contributed by atoms with Crippen LogP contribution in [0.15, 0.2) is 0 Å². The van der Waals surface area contributed by atoms with Gasteiger partial charge >= 0.3 is 29.0 Å². The maximum absolute atomic E-state index is 10.1. The molecule has 0 rings (SSSR count). The fraction of sp³-hybridized carbons (Fsp3) is 0.833. The van der Waals surface area contributed by atoms with E-state index >= 15 is 0 Å². The van der Waals surface area contributed by atoms with Crippen molar-refractivity contribution in [3.05, 3.63) is 0 Å². The molecule has 27 heavy (non-hydrogen) atoms. The van der Waals surface area contributed by atoms with Gasteiger partial charge in [0.2, 0.25) is 0 Å². The zero-order valence-electron chi connectivity index (χ0n) is 13.4. The van der Waals surface area contributed by atoms with Gasteiger partial charge in [0.05, 0.1) is 12.2 Å². The topological polar surface area (TPSA) is 283 Å². The predicted octanol–water partition coefficient (Wildman–Crippen LogP) is -8.25. The monoisotopic (exact) mass is 453 g/mol. The SMILES string of the molecule is O=C(O)[C@H](O)[C@@H](O)[C@H](O)[C@H](O)C[O-].O=C(O)[C@H](O)[C@@H](O)[C@H](O)[C@H](O)C[O-].[Cu+2]. The number of hydrogen-bond acceptors (Lipinski definition) is 12. The van der Waals surface area contributed by atoms with Crippen molar-refractivity contribution in [2.45, 2.75) is 48.8 Å². The third-order valence-electron chi connectivity index (χ3n) is 2.98. The van der Waals surface area contributed by atoms with Crippen molar-refractivity contribution in [2.24, 2.45) is 0 Å². The molecule has 165 valence electrons. The van der Waals surface area contributed by atoms with Crippen molar-refractivity contribution in [2.75, 3.05) is 13.2 Å². The molecular formula is C12H22CuO14. The van der Waals surface area contributed by atoms with Gasteiger partial charge in [-0.3, -0.25) is 0 Å². The Hall–Kier alpha value is -0.941. The molecule has 0 saturated heterocycles. The van der Waals surface area contributed by atoms with Gasteiger partial charge in [0.25, 0.3) is 0 Å². The number of rotatable bonds is 10. The van der Waals surface area contributed by atoms with Gasteiger partial charge in [-0.05, 0) is 0 Å². The van der Waals surface area contributed by atoms with Crippen LogP contribution in [-0.2, 0) is 26.7 Å². The summed E-state index contributed by atoms with van der Waals surface area (Å²) >= 11 is 0. The minimum Gasteiger partial charge on any atom is -0.853 e. The molecule has 0 aromatic rings. The summed E-state index contributed by atoms with van der Waals surface area (Å²) in [4.78, 5) is 20.2. The zero-order valence-corrected chi connectivity index (χ0v) is 14.4. The maximum Gasteiger partial charge on any atom is 2.00 e. The standard InChI is InChI=1S/2C6H11O7.Cu/c2*7-1-2(8)3(9)4(10)5(11)6(12)13;/h2*2-5,8-11H,1H2,(H,12,13);/q2*-1;+2/t2*2-,3-,4+,5-;/m11./s1. The van der Waals surface area contributed by atoms with Crippen LogP contribution in [0.2, 0.25) is 0 Å². The second kappa shape index (κ2) is 15.0. The van der Waals surface area contributed by atoms with Crippen LogP contribution < -0.4 is 10.2 Å². The molecule has 0 bridgehead atoms. The molecule has 0 aromatic heterocycles. The summed E-state index contributed by atoms with van der Waals surface area (Å²) in [5.74, 6) is -3.49. The van der Waals surface area contributed by atoms with Gasteiger partial charge in [-0.25, -0.2) is 9.59 Å². The minimum absolute atomic E-state index is 0. The van der Waals surface area contributed by atoms with E-state index in [1.807, 2.05) is 0 Å². The summed E-state index contributed by atoms with van der Waals surface area (Å²) in [6, 6.07) is 0. The number of carboxylic acid groups (broad SMARTS) is 2. The van der Waals surface area contributed by atoms with Gasteiger partial charge in [-0.2, -0.15) is 0 Å². The Morgan fingerprint density at radius 1 is 0.593 bits per heavy atom. The van der Waals surface area contributed by atoms with E-state index in [4.69, 9.17) is 51.1 Å². The number of carbonyl (C=O) groups is 2. The Morgan fingerprint density at radius 2 is 0.815 bits per heavy atom. The number of aliphatic hydroxyl groups excluding tert-OH is 8. The van der Waals surface area contributed by atoms with Crippen molar-refractivity contribution < 1.29 is 87.9 Å². The van der Waals surface area contributed by atoms with Crippen LogP contribution in [-0.4, -0.2) is 125 Å². The average molecular weight is 454 g/mol. The Balaban J connectivity index is -0.000000411. The Labute approximate surface area is 162 Å². The Bertz CT molecular complexity index is 385. The van der Waals surface area contributed by atoms with Crippen LogP contribution in [0.25, 0.3) is 0 Å². The summed E-state index contributed by atoms with van der Waals surface area (Å²) in [7, 11) is 0. The quantitative estimate of drug-likeness (QED) is 0.137. The predicted molar refractivity (Wildman–Crippen MR) is 73.1 cm³/mol. The van der Waals surface area contributed by atoms with Crippen molar-refractivity contribution in [1.29, 1.82) is 0 Å². The summed E-state index contributed by atoms with van der Waals surface area (Å²) in [6.07, 6.45) is -16.2. The molecule has 0 fully saturated rings. The molecule has 0 unspecified atom stereocenters. The van der Waals surface area contributed by atoms with Gasteiger partial charge in [-0.1, -0.05) is 0 Å². The van der Waals surface area contributed by atoms with Crippen LogP contribution in [0, 0.1) is 0 Å². The summed E-state index contributed by atoms with van der Waals surface area (Å²) in [5.41, 5.74) is 0. The summed E-state index contributed by atoms with van der Waals surface area (Å²) in [5, 5.41) is 107. The second-order valence-corrected chi connectivity index (χ2v) is 5.00. The number of aliphatic carboxylic acids is 2. The normalized spacial score (nSPS) is 19.6. The molecule has 0 spiro atoms. The van der Waals surface area contributed by atoms with E-state index in [1.165, 1.54) is 0 Å². The van der Waals surface area contributed by atoms with Crippen LogP contribution in [0.4, 0.5) is 0 Å². The van der Waals surface area contributed by atoms with Gasteiger partial charge in [-0.15, -0.1) is 13.2 Å². The second-order valence-electron chi connectivity index (χ2n) is 5.00. The molecular weight excluding hydrogens is 432 g/mol. The molecule has 15 heteroatoms. The molecule has 0 aliphatic rings. The Kier molecular flexibility index (Phi) is 17.1. The number of carboxylic acids is 2. The van der Waals surface area contributed by atoms with Crippen LogP contribution >= 0.6 is 0 Å². The molecule has 0 aliphatic carbocycles. The summed E-state index contributed by atoms with van der Waals surface area (Å²) < 4.78 is 0. The molecule has 0 heterocycles. The smallest absolute Gasteiger partial charge is 0.853 e. The number of aliphatic hydroxyl groups is 8. The van der Waals surface area contributed by atoms with E-state index in [0.717, 1.165) is 0 Å². The molecule has 0 aromatic carbocycles. The van der Waals surface area contributed by atoms with E-state index in [-0.39, 0.29) is 17.1 Å². The summed E-state index contributed by atoms with van der Waals surface area (Å²) in [6.45, 7) is -2.19. The van der Waals surface area contributed by atoms with E-state index in [9.17, 15) is 19.8 Å². The van der Waals surface area contributed by atoms with Gasteiger partial charge < -0.3 is 61.3 Å². The van der Waals surface area contributed by atoms with Gasteiger partial charge in [0, 0.05) is 0 Å². The third kappa shape index (κ3) is 10.8. The zero-order chi connectivity index (χ0) is 21.2. The third-order valence-corrected chi connectivity index (χ3v) is 2.98. The molecule has 10 N–H and O–H groups in total. The molecule has 0 aliphatic heterocycles. The van der Waals surface area contributed by atoms with E-state index < -0.39 is 74.0 Å². The first-order valence-corrected chi connectivity index (χ1v) is 6.89. The van der Waals surface area contributed by atoms with Crippen LogP contribution in [0.1, 0.15) is 0 Å². The Morgan fingerprint density at radius 3 is 0.963 bits per heavy atom.